The van der Waals surface area contributed by atoms with Gasteiger partial charge in [-0.25, -0.2) is 0 Å². The van der Waals surface area contributed by atoms with Gasteiger partial charge in [-0.3, -0.25) is 19.3 Å². The van der Waals surface area contributed by atoms with Gasteiger partial charge in [0.2, 0.25) is 5.91 Å². The maximum absolute atomic E-state index is 12.7. The molecule has 1 aliphatic rings. The summed E-state index contributed by atoms with van der Waals surface area (Å²) < 4.78 is 7.18. The van der Waals surface area contributed by atoms with E-state index >= 15 is 0 Å². The molecule has 0 aromatic heterocycles. The van der Waals surface area contributed by atoms with Gasteiger partial charge >= 0.3 is 0 Å². The van der Waals surface area contributed by atoms with Crippen molar-refractivity contribution in [3.63, 3.8) is 0 Å². The van der Waals surface area contributed by atoms with Crippen LogP contribution in [-0.2, 0) is 9.59 Å². The summed E-state index contributed by atoms with van der Waals surface area (Å²) in [6, 6.07) is 10.4. The van der Waals surface area contributed by atoms with E-state index in [2.05, 4.69) is 56.4 Å². The topological polar surface area (TPSA) is 75.7 Å². The van der Waals surface area contributed by atoms with Crippen LogP contribution in [0.2, 0.25) is 5.02 Å². The Morgan fingerprint density at radius 2 is 1.94 bits per heavy atom. The zero-order valence-corrected chi connectivity index (χ0v) is 21.5. The van der Waals surface area contributed by atoms with Crippen LogP contribution in [0.25, 0.3) is 6.08 Å². The molecule has 3 rings (SSSR count). The lowest BCUT2D eigenvalue weighted by Crippen LogP contribution is -2.36. The number of nitrogens with one attached hydrogen (secondary N) is 1. The van der Waals surface area contributed by atoms with Gasteiger partial charge in [0.1, 0.15) is 18.9 Å². The normalized spacial score (nSPS) is 14.6. The largest absolute Gasteiger partial charge is 0.479 e. The van der Waals surface area contributed by atoms with Crippen molar-refractivity contribution in [1.29, 1.82) is 0 Å². The number of carbonyl (C=O) groups excluding carboxylic acids is 3. The van der Waals surface area contributed by atoms with E-state index in [0.717, 1.165) is 29.4 Å². The lowest BCUT2D eigenvalue weighted by Gasteiger charge is -2.13. The van der Waals surface area contributed by atoms with Crippen LogP contribution in [0.5, 0.6) is 5.75 Å². The number of thioether (sulfide) groups is 1. The number of anilines is 1. The fourth-order valence-corrected chi connectivity index (χ4v) is 5.75. The number of carbonyl (C=O) groups is 3. The minimum absolute atomic E-state index is 0.153. The number of ether oxygens (including phenoxy) is 1. The van der Waals surface area contributed by atoms with Gasteiger partial charge in [-0.1, -0.05) is 29.7 Å². The molecule has 10 heteroatoms. The van der Waals surface area contributed by atoms with Crippen molar-refractivity contribution >= 4 is 97.4 Å². The van der Waals surface area contributed by atoms with Crippen LogP contribution in [0.4, 0.5) is 10.5 Å². The Labute approximate surface area is 215 Å². The van der Waals surface area contributed by atoms with Crippen LogP contribution in [0, 0.1) is 19.5 Å². The SMILES string of the molecule is C#CCOc1c(I)cc(/C=C2/SC(=O)N(CC(=O)Nc3ccccc3Cl)C2=O)cc1I. The van der Waals surface area contributed by atoms with Crippen LogP contribution in [0.3, 0.4) is 0 Å². The summed E-state index contributed by atoms with van der Waals surface area (Å²) in [5, 5.41) is 2.46. The lowest BCUT2D eigenvalue weighted by atomic mass is 10.2. The second kappa shape index (κ2) is 10.7. The van der Waals surface area contributed by atoms with Crippen molar-refractivity contribution in [1.82, 2.24) is 4.90 Å². The van der Waals surface area contributed by atoms with Crippen molar-refractivity contribution in [2.45, 2.75) is 0 Å². The van der Waals surface area contributed by atoms with Gasteiger partial charge < -0.3 is 10.1 Å². The summed E-state index contributed by atoms with van der Waals surface area (Å²) in [7, 11) is 0. The molecule has 2 aromatic carbocycles. The van der Waals surface area contributed by atoms with Crippen molar-refractivity contribution in [2.24, 2.45) is 0 Å². The quantitative estimate of drug-likeness (QED) is 0.257. The molecule has 1 saturated heterocycles. The Morgan fingerprint density at radius 3 is 2.58 bits per heavy atom. The van der Waals surface area contributed by atoms with Gasteiger partial charge in [0.25, 0.3) is 11.1 Å². The van der Waals surface area contributed by atoms with Gasteiger partial charge in [0, 0.05) is 0 Å². The molecule has 0 aliphatic carbocycles. The number of rotatable bonds is 6. The van der Waals surface area contributed by atoms with Crippen molar-refractivity contribution in [3.8, 4) is 18.1 Å². The summed E-state index contributed by atoms with van der Waals surface area (Å²) in [5.74, 6) is 2.04. The predicted octanol–water partition coefficient (Wildman–Crippen LogP) is 5.24. The van der Waals surface area contributed by atoms with E-state index in [1.807, 2.05) is 12.1 Å². The fourth-order valence-electron chi connectivity index (χ4n) is 2.60. The number of hydrogen-bond donors (Lipinski definition) is 1. The molecule has 6 nitrogen and oxygen atoms in total. The van der Waals surface area contributed by atoms with Gasteiger partial charge in [0.05, 0.1) is 22.8 Å². The average Bonchev–Trinajstić information content (AvgIpc) is 2.96. The van der Waals surface area contributed by atoms with Gasteiger partial charge in [-0.05, 0) is 92.8 Å². The van der Waals surface area contributed by atoms with E-state index in [-0.39, 0.29) is 11.5 Å². The van der Waals surface area contributed by atoms with E-state index < -0.39 is 23.6 Å². The fraction of sp³-hybridized carbons (Fsp3) is 0.0952. The molecule has 0 radical (unpaired) electrons. The van der Waals surface area contributed by atoms with E-state index in [1.165, 1.54) is 0 Å². The first kappa shape index (κ1) is 23.9. The van der Waals surface area contributed by atoms with E-state index in [4.69, 9.17) is 22.8 Å². The lowest BCUT2D eigenvalue weighted by molar-refractivity contribution is -0.127. The first-order chi connectivity index (χ1) is 14.8. The Balaban J connectivity index is 1.74. The molecule has 31 heavy (non-hydrogen) atoms. The number of terminal acetylenes is 1. The molecule has 158 valence electrons. The summed E-state index contributed by atoms with van der Waals surface area (Å²) in [5.41, 5.74) is 1.14. The maximum Gasteiger partial charge on any atom is 0.294 e. The first-order valence-electron chi connectivity index (χ1n) is 8.65. The highest BCUT2D eigenvalue weighted by molar-refractivity contribution is 14.1. The highest BCUT2D eigenvalue weighted by Crippen LogP contribution is 2.34. The summed E-state index contributed by atoms with van der Waals surface area (Å²) in [6.45, 7) is -0.248. The number of nitrogens with zero attached hydrogens (tertiary/aromatic N) is 1. The molecular weight excluding hydrogens is 666 g/mol. The molecular formula is C21H13ClI2N2O4S. The maximum atomic E-state index is 12.7. The molecule has 1 N–H and O–H groups in total. The molecule has 0 spiro atoms. The van der Waals surface area contributed by atoms with Crippen LogP contribution >= 0.6 is 68.5 Å². The molecule has 1 aliphatic heterocycles. The molecule has 0 atom stereocenters. The number of imide groups is 1. The predicted molar refractivity (Wildman–Crippen MR) is 139 cm³/mol. The molecule has 0 unspecified atom stereocenters. The number of para-hydroxylation sites is 1. The van der Waals surface area contributed by atoms with E-state index in [9.17, 15) is 14.4 Å². The zero-order valence-electron chi connectivity index (χ0n) is 15.7. The van der Waals surface area contributed by atoms with Crippen LogP contribution in [-0.4, -0.2) is 35.1 Å². The molecule has 1 heterocycles. The standard InChI is InChI=1S/C21H13ClI2N2O4S/c1-2-7-30-19-14(23)8-12(9-15(19)24)10-17-20(28)26(21(29)31-17)11-18(27)25-16-6-4-3-5-13(16)22/h1,3-6,8-10H,7,11H2,(H,25,27)/b17-10+. The third-order valence-corrected chi connectivity index (χ3v) is 6.78. The molecule has 0 saturated carbocycles. The minimum Gasteiger partial charge on any atom is -0.479 e. The zero-order chi connectivity index (χ0) is 22.5. The first-order valence-corrected chi connectivity index (χ1v) is 12.0. The molecule has 0 bridgehead atoms. The summed E-state index contributed by atoms with van der Waals surface area (Å²) in [6.07, 6.45) is 6.86. The van der Waals surface area contributed by atoms with Crippen LogP contribution in [0.1, 0.15) is 5.56 Å². The third-order valence-electron chi connectivity index (χ3n) is 3.94. The van der Waals surface area contributed by atoms with E-state index in [1.54, 1.807) is 30.3 Å². The highest BCUT2D eigenvalue weighted by Gasteiger charge is 2.36. The van der Waals surface area contributed by atoms with Crippen molar-refractivity contribution in [3.05, 3.63) is 59.0 Å². The van der Waals surface area contributed by atoms with Crippen LogP contribution < -0.4 is 10.1 Å². The minimum atomic E-state index is -0.526. The van der Waals surface area contributed by atoms with Gasteiger partial charge in [-0.15, -0.1) is 6.42 Å². The Hall–Kier alpha value is -1.75. The Kier molecular flexibility index (Phi) is 8.26. The molecule has 2 aromatic rings. The number of hydrogen-bond acceptors (Lipinski definition) is 5. The number of halogens is 3. The monoisotopic (exact) mass is 678 g/mol. The number of amides is 3. The van der Waals surface area contributed by atoms with Gasteiger partial charge in [-0.2, -0.15) is 0 Å². The van der Waals surface area contributed by atoms with Gasteiger partial charge in [0.15, 0.2) is 0 Å². The van der Waals surface area contributed by atoms with Crippen molar-refractivity contribution < 1.29 is 19.1 Å². The molecule has 1 fully saturated rings. The van der Waals surface area contributed by atoms with Crippen molar-refractivity contribution in [2.75, 3.05) is 18.5 Å². The second-order valence-electron chi connectivity index (χ2n) is 6.10. The highest BCUT2D eigenvalue weighted by atomic mass is 127. The van der Waals surface area contributed by atoms with Crippen LogP contribution in [0.15, 0.2) is 41.3 Å². The average molecular weight is 679 g/mol. The second-order valence-corrected chi connectivity index (χ2v) is 9.83. The number of benzene rings is 2. The summed E-state index contributed by atoms with van der Waals surface area (Å²) in [4.78, 5) is 38.5. The third kappa shape index (κ3) is 5.94. The Morgan fingerprint density at radius 1 is 1.26 bits per heavy atom. The molecule has 3 amide bonds. The smallest absolute Gasteiger partial charge is 0.294 e. The summed E-state index contributed by atoms with van der Waals surface area (Å²) >= 11 is 11.1. The van der Waals surface area contributed by atoms with E-state index in [0.29, 0.717) is 16.5 Å². The Bertz CT molecular complexity index is 1120.